The number of nitrogens with zero attached hydrogens (tertiary/aromatic N) is 1. The normalized spacial score (nSPS) is 18.5. The van der Waals surface area contributed by atoms with Crippen molar-refractivity contribution < 1.29 is 4.74 Å². The summed E-state index contributed by atoms with van der Waals surface area (Å²) in [5, 5.41) is 0. The average Bonchev–Trinajstić information content (AvgIpc) is 2.29. The zero-order valence-electron chi connectivity index (χ0n) is 9.83. The molecule has 0 aliphatic carbocycles. The van der Waals surface area contributed by atoms with Gasteiger partial charge in [0.1, 0.15) is 0 Å². The van der Waals surface area contributed by atoms with Crippen molar-refractivity contribution in [3.05, 3.63) is 36.1 Å². The van der Waals surface area contributed by atoms with E-state index in [4.69, 9.17) is 4.74 Å². The molecule has 0 spiro atoms. The molecule has 0 aromatic rings. The van der Waals surface area contributed by atoms with Gasteiger partial charge in [-0.05, 0) is 25.5 Å². The first kappa shape index (κ1) is 12.1. The molecule has 1 saturated heterocycles. The van der Waals surface area contributed by atoms with Crippen LogP contribution in [0, 0.1) is 0 Å². The van der Waals surface area contributed by atoms with E-state index in [-0.39, 0.29) is 0 Å². The maximum Gasteiger partial charge on any atom is 0.0642 e. The molecule has 2 heteroatoms. The van der Waals surface area contributed by atoms with E-state index < -0.39 is 0 Å². The van der Waals surface area contributed by atoms with Gasteiger partial charge < -0.3 is 9.64 Å². The second kappa shape index (κ2) is 6.46. The van der Waals surface area contributed by atoms with E-state index >= 15 is 0 Å². The third kappa shape index (κ3) is 3.92. The summed E-state index contributed by atoms with van der Waals surface area (Å²) in [7, 11) is 0. The summed E-state index contributed by atoms with van der Waals surface area (Å²) < 4.78 is 5.34. The molecule has 2 nitrogen and oxygen atoms in total. The van der Waals surface area contributed by atoms with Crippen LogP contribution in [-0.4, -0.2) is 31.2 Å². The Bertz CT molecular complexity index is 260. The Balaban J connectivity index is 2.71. The summed E-state index contributed by atoms with van der Waals surface area (Å²) >= 11 is 0. The highest BCUT2D eigenvalue weighted by atomic mass is 16.5. The van der Waals surface area contributed by atoms with E-state index in [0.29, 0.717) is 0 Å². The minimum absolute atomic E-state index is 0.827. The molecule has 0 amide bonds. The topological polar surface area (TPSA) is 12.5 Å². The Morgan fingerprint density at radius 2 is 2.07 bits per heavy atom. The van der Waals surface area contributed by atoms with Crippen molar-refractivity contribution in [3.8, 4) is 0 Å². The molecule has 1 fully saturated rings. The van der Waals surface area contributed by atoms with Crippen molar-refractivity contribution in [3.63, 3.8) is 0 Å². The molecule has 0 bridgehead atoms. The van der Waals surface area contributed by atoms with Crippen LogP contribution < -0.4 is 0 Å². The first-order valence-corrected chi connectivity index (χ1v) is 5.62. The predicted molar refractivity (Wildman–Crippen MR) is 64.7 cm³/mol. The van der Waals surface area contributed by atoms with Crippen LogP contribution in [0.5, 0.6) is 0 Å². The lowest BCUT2D eigenvalue weighted by molar-refractivity contribution is 0.0553. The Labute approximate surface area is 92.9 Å². The van der Waals surface area contributed by atoms with Crippen molar-refractivity contribution >= 4 is 0 Å². The Morgan fingerprint density at radius 3 is 2.60 bits per heavy atom. The van der Waals surface area contributed by atoms with Gasteiger partial charge in [0.2, 0.25) is 0 Å². The third-order valence-electron chi connectivity index (χ3n) is 2.52. The number of allylic oxidation sites excluding steroid dienone is 4. The molecule has 1 rings (SSSR count). The quantitative estimate of drug-likeness (QED) is 0.657. The number of hydrogen-bond acceptors (Lipinski definition) is 2. The Morgan fingerprint density at radius 1 is 1.40 bits per heavy atom. The summed E-state index contributed by atoms with van der Waals surface area (Å²) in [5.74, 6) is 0. The smallest absolute Gasteiger partial charge is 0.0642 e. The summed E-state index contributed by atoms with van der Waals surface area (Å²) in [6, 6.07) is 0. The summed E-state index contributed by atoms with van der Waals surface area (Å²) in [6.07, 6.45) is 7.40. The average molecular weight is 207 g/mol. The van der Waals surface area contributed by atoms with Gasteiger partial charge in [-0.25, -0.2) is 0 Å². The summed E-state index contributed by atoms with van der Waals surface area (Å²) in [4.78, 5) is 2.35. The van der Waals surface area contributed by atoms with Crippen LogP contribution in [0.3, 0.4) is 0 Å². The Hall–Kier alpha value is -1.02. The highest BCUT2D eigenvalue weighted by Crippen LogP contribution is 2.13. The van der Waals surface area contributed by atoms with Gasteiger partial charge in [-0.15, -0.1) is 0 Å². The molecular formula is C13H21NO. The lowest BCUT2D eigenvalue weighted by atomic mass is 10.1. The molecule has 0 N–H and O–H groups in total. The highest BCUT2D eigenvalue weighted by molar-refractivity contribution is 5.27. The SMILES string of the molecule is C=C(/C=C(\C=C/C)N1CCOCC1)CC. The van der Waals surface area contributed by atoms with E-state index in [1.807, 2.05) is 6.92 Å². The van der Waals surface area contributed by atoms with Crippen molar-refractivity contribution in [1.82, 2.24) is 4.90 Å². The molecule has 0 unspecified atom stereocenters. The molecule has 84 valence electrons. The van der Waals surface area contributed by atoms with Crippen LogP contribution in [0.25, 0.3) is 0 Å². The van der Waals surface area contributed by atoms with Crippen LogP contribution >= 0.6 is 0 Å². The van der Waals surface area contributed by atoms with Gasteiger partial charge in [-0.3, -0.25) is 0 Å². The number of rotatable bonds is 4. The first-order valence-electron chi connectivity index (χ1n) is 5.62. The van der Waals surface area contributed by atoms with Crippen LogP contribution in [0.2, 0.25) is 0 Å². The fourth-order valence-corrected chi connectivity index (χ4v) is 1.55. The second-order valence-corrected chi connectivity index (χ2v) is 3.68. The molecule has 1 aliphatic heterocycles. The first-order chi connectivity index (χ1) is 7.27. The number of ether oxygens (including phenoxy) is 1. The van der Waals surface area contributed by atoms with Crippen LogP contribution in [0.4, 0.5) is 0 Å². The molecule has 0 aromatic carbocycles. The summed E-state index contributed by atoms with van der Waals surface area (Å²) in [5.41, 5.74) is 2.43. The standard InChI is InChI=1S/C13H21NO/c1-4-6-13(11-12(3)5-2)14-7-9-15-10-8-14/h4,6,11H,3,5,7-10H2,1-2H3/b6-4-,13-11+. The van der Waals surface area contributed by atoms with E-state index in [9.17, 15) is 0 Å². The number of hydrogen-bond donors (Lipinski definition) is 0. The maximum absolute atomic E-state index is 5.34. The Kier molecular flexibility index (Phi) is 5.19. The van der Waals surface area contributed by atoms with Gasteiger partial charge in [0.15, 0.2) is 0 Å². The molecule has 1 heterocycles. The molecule has 15 heavy (non-hydrogen) atoms. The van der Waals surface area contributed by atoms with E-state index in [2.05, 4.69) is 36.6 Å². The molecule has 0 saturated carbocycles. The van der Waals surface area contributed by atoms with Crippen LogP contribution in [0.15, 0.2) is 36.1 Å². The fourth-order valence-electron chi connectivity index (χ4n) is 1.55. The van der Waals surface area contributed by atoms with Crippen LogP contribution in [0.1, 0.15) is 20.3 Å². The van der Waals surface area contributed by atoms with Crippen LogP contribution in [-0.2, 0) is 4.74 Å². The number of morpholine rings is 1. The lowest BCUT2D eigenvalue weighted by Gasteiger charge is -2.30. The largest absolute Gasteiger partial charge is 0.378 e. The molecule has 0 atom stereocenters. The zero-order chi connectivity index (χ0) is 11.1. The van der Waals surface area contributed by atoms with E-state index in [1.165, 1.54) is 11.3 Å². The third-order valence-corrected chi connectivity index (χ3v) is 2.52. The zero-order valence-corrected chi connectivity index (χ0v) is 9.83. The van der Waals surface area contributed by atoms with Crippen molar-refractivity contribution in [2.45, 2.75) is 20.3 Å². The van der Waals surface area contributed by atoms with Gasteiger partial charge in [0, 0.05) is 18.8 Å². The van der Waals surface area contributed by atoms with E-state index in [0.717, 1.165) is 32.7 Å². The molecule has 0 radical (unpaired) electrons. The van der Waals surface area contributed by atoms with Gasteiger partial charge in [-0.2, -0.15) is 0 Å². The fraction of sp³-hybridized carbons (Fsp3) is 0.538. The van der Waals surface area contributed by atoms with Gasteiger partial charge in [0.25, 0.3) is 0 Å². The molecule has 1 aliphatic rings. The minimum Gasteiger partial charge on any atom is -0.378 e. The van der Waals surface area contributed by atoms with E-state index in [1.54, 1.807) is 0 Å². The van der Waals surface area contributed by atoms with Crippen molar-refractivity contribution in [2.75, 3.05) is 26.3 Å². The minimum atomic E-state index is 0.827. The second-order valence-electron chi connectivity index (χ2n) is 3.68. The van der Waals surface area contributed by atoms with Gasteiger partial charge in [0.05, 0.1) is 13.2 Å². The van der Waals surface area contributed by atoms with Crippen molar-refractivity contribution in [1.29, 1.82) is 0 Å². The van der Waals surface area contributed by atoms with Gasteiger partial charge in [-0.1, -0.05) is 25.2 Å². The predicted octanol–water partition coefficient (Wildman–Crippen LogP) is 2.74. The van der Waals surface area contributed by atoms with Gasteiger partial charge >= 0.3 is 0 Å². The highest BCUT2D eigenvalue weighted by Gasteiger charge is 2.11. The molecule has 0 aromatic heterocycles. The lowest BCUT2D eigenvalue weighted by Crippen LogP contribution is -2.35. The molecular weight excluding hydrogens is 186 g/mol. The monoisotopic (exact) mass is 207 g/mol. The summed E-state index contributed by atoms with van der Waals surface area (Å²) in [6.45, 7) is 11.8. The maximum atomic E-state index is 5.34. The van der Waals surface area contributed by atoms with Crippen molar-refractivity contribution in [2.24, 2.45) is 0 Å².